The summed E-state index contributed by atoms with van der Waals surface area (Å²) in [5.41, 5.74) is 6.90. The monoisotopic (exact) mass is 456 g/mol. The highest BCUT2D eigenvalue weighted by Gasteiger charge is 2.19. The van der Waals surface area contributed by atoms with Crippen LogP contribution in [0.15, 0.2) is 30.3 Å². The Kier molecular flexibility index (Phi) is 16.0. The van der Waals surface area contributed by atoms with E-state index in [0.29, 0.717) is 6.10 Å². The number of likely N-dealkylation sites (tertiary alicyclic amines) is 1. The Balaban J connectivity index is 0.000000662. The third-order valence-corrected chi connectivity index (χ3v) is 4.35. The van der Waals surface area contributed by atoms with Gasteiger partial charge in [-0.3, -0.25) is 4.90 Å². The van der Waals surface area contributed by atoms with E-state index in [1.807, 2.05) is 0 Å². The molecule has 1 aliphatic heterocycles. The lowest BCUT2D eigenvalue weighted by Crippen LogP contribution is -2.36. The highest BCUT2D eigenvalue weighted by molar-refractivity contribution is 6.27. The maximum Gasteiger partial charge on any atom is 0.414 e. The van der Waals surface area contributed by atoms with E-state index in [1.54, 1.807) is 0 Å². The van der Waals surface area contributed by atoms with Gasteiger partial charge >= 0.3 is 23.9 Å². The van der Waals surface area contributed by atoms with Gasteiger partial charge in [-0.25, -0.2) is 19.2 Å². The average molecular weight is 456 g/mol. The van der Waals surface area contributed by atoms with Crippen LogP contribution in [0.25, 0.3) is 0 Å². The standard InChI is InChI=1S/C17H28N2O.2C2H2O4/c18-11-5-2-6-14-20-17-9-12-19(13-10-17)15-16-7-3-1-4-8-16;2*3-1(4)2(5)6/h1,3-4,7-8,17H,2,5-6,9-15,18H2;2*(H,3,4)(H,5,6). The summed E-state index contributed by atoms with van der Waals surface area (Å²) < 4.78 is 5.96. The predicted molar refractivity (Wildman–Crippen MR) is 114 cm³/mol. The van der Waals surface area contributed by atoms with Crippen LogP contribution in [0.5, 0.6) is 0 Å². The van der Waals surface area contributed by atoms with Crippen LogP contribution in [0, 0.1) is 0 Å². The number of unbranched alkanes of at least 4 members (excludes halogenated alkanes) is 2. The SMILES string of the molecule is NCCCCCOC1CCN(Cc2ccccc2)CC1.O=C(O)C(=O)O.O=C(O)C(=O)O. The summed E-state index contributed by atoms with van der Waals surface area (Å²) in [5, 5.41) is 29.6. The Morgan fingerprint density at radius 3 is 1.78 bits per heavy atom. The molecule has 1 aliphatic rings. The molecule has 180 valence electrons. The van der Waals surface area contributed by atoms with Crippen LogP contribution in [0.4, 0.5) is 0 Å². The fraction of sp³-hybridized carbons (Fsp3) is 0.524. The van der Waals surface area contributed by atoms with Gasteiger partial charge in [-0.1, -0.05) is 30.3 Å². The van der Waals surface area contributed by atoms with E-state index in [1.165, 1.54) is 24.8 Å². The van der Waals surface area contributed by atoms with Gasteiger partial charge in [0.2, 0.25) is 0 Å². The molecule has 11 heteroatoms. The Morgan fingerprint density at radius 1 is 0.844 bits per heavy atom. The molecule has 2 rings (SSSR count). The largest absolute Gasteiger partial charge is 0.473 e. The number of nitrogens with zero attached hydrogens (tertiary/aromatic N) is 1. The van der Waals surface area contributed by atoms with Crippen molar-refractivity contribution in [1.29, 1.82) is 0 Å². The van der Waals surface area contributed by atoms with Crippen molar-refractivity contribution in [2.24, 2.45) is 5.73 Å². The number of carboxylic acids is 4. The molecule has 1 aromatic carbocycles. The van der Waals surface area contributed by atoms with Gasteiger partial charge in [0.25, 0.3) is 0 Å². The van der Waals surface area contributed by atoms with Crippen LogP contribution < -0.4 is 5.73 Å². The molecular weight excluding hydrogens is 424 g/mol. The van der Waals surface area contributed by atoms with Gasteiger partial charge in [0.15, 0.2) is 0 Å². The molecule has 1 aromatic rings. The summed E-state index contributed by atoms with van der Waals surface area (Å²) in [6, 6.07) is 10.7. The molecule has 0 unspecified atom stereocenters. The summed E-state index contributed by atoms with van der Waals surface area (Å²) in [6.07, 6.45) is 6.29. The van der Waals surface area contributed by atoms with Crippen molar-refractivity contribution in [3.63, 3.8) is 0 Å². The van der Waals surface area contributed by atoms with E-state index in [-0.39, 0.29) is 0 Å². The van der Waals surface area contributed by atoms with Gasteiger partial charge in [-0.05, 0) is 44.2 Å². The zero-order chi connectivity index (χ0) is 24.4. The fourth-order valence-electron chi connectivity index (χ4n) is 2.75. The molecule has 0 aliphatic carbocycles. The van der Waals surface area contributed by atoms with Crippen LogP contribution in [0.1, 0.15) is 37.7 Å². The quantitative estimate of drug-likeness (QED) is 0.278. The van der Waals surface area contributed by atoms with Crippen LogP contribution in [0.3, 0.4) is 0 Å². The zero-order valence-corrected chi connectivity index (χ0v) is 17.9. The molecule has 0 aromatic heterocycles. The molecule has 32 heavy (non-hydrogen) atoms. The molecule has 1 fully saturated rings. The molecule has 0 radical (unpaired) electrons. The first-order valence-corrected chi connectivity index (χ1v) is 10.2. The lowest BCUT2D eigenvalue weighted by Gasteiger charge is -2.32. The minimum atomic E-state index is -1.82. The third kappa shape index (κ3) is 15.8. The summed E-state index contributed by atoms with van der Waals surface area (Å²) >= 11 is 0. The number of carbonyl (C=O) groups is 4. The van der Waals surface area contributed by atoms with Crippen molar-refractivity contribution in [3.8, 4) is 0 Å². The maximum atomic E-state index is 9.10. The van der Waals surface area contributed by atoms with Gasteiger partial charge in [-0.15, -0.1) is 0 Å². The number of nitrogens with two attached hydrogens (primary N) is 1. The van der Waals surface area contributed by atoms with Crippen LogP contribution in [-0.4, -0.2) is 81.5 Å². The fourth-order valence-corrected chi connectivity index (χ4v) is 2.75. The molecule has 0 bridgehead atoms. The minimum absolute atomic E-state index is 0.472. The van der Waals surface area contributed by atoms with Gasteiger partial charge < -0.3 is 30.9 Å². The van der Waals surface area contributed by atoms with Crippen molar-refractivity contribution in [1.82, 2.24) is 4.90 Å². The summed E-state index contributed by atoms with van der Waals surface area (Å²) in [7, 11) is 0. The van der Waals surface area contributed by atoms with Crippen LogP contribution >= 0.6 is 0 Å². The highest BCUT2D eigenvalue weighted by atomic mass is 16.5. The molecular formula is C21H32N2O9. The maximum absolute atomic E-state index is 9.10. The first kappa shape index (κ1) is 29.0. The number of ether oxygens (including phenoxy) is 1. The average Bonchev–Trinajstić information content (AvgIpc) is 2.76. The highest BCUT2D eigenvalue weighted by Crippen LogP contribution is 2.16. The number of benzene rings is 1. The number of hydrogen-bond donors (Lipinski definition) is 5. The van der Waals surface area contributed by atoms with E-state index in [4.69, 9.17) is 50.1 Å². The second kappa shape index (κ2) is 17.6. The van der Waals surface area contributed by atoms with E-state index in [0.717, 1.165) is 45.6 Å². The summed E-state index contributed by atoms with van der Waals surface area (Å²) in [5.74, 6) is -7.30. The number of piperidine rings is 1. The van der Waals surface area contributed by atoms with E-state index in [9.17, 15) is 0 Å². The number of carboxylic acid groups (broad SMARTS) is 4. The summed E-state index contributed by atoms with van der Waals surface area (Å²) in [4.78, 5) is 38.9. The molecule has 1 saturated heterocycles. The van der Waals surface area contributed by atoms with Crippen molar-refractivity contribution in [2.45, 2.75) is 44.8 Å². The topological polar surface area (TPSA) is 188 Å². The Bertz CT molecular complexity index is 642. The first-order valence-electron chi connectivity index (χ1n) is 10.2. The molecule has 11 nitrogen and oxygen atoms in total. The van der Waals surface area contributed by atoms with Gasteiger partial charge in [0.1, 0.15) is 0 Å². The second-order valence-electron chi connectivity index (χ2n) is 6.90. The molecule has 0 amide bonds. The molecule has 0 spiro atoms. The van der Waals surface area contributed by atoms with Crippen molar-refractivity contribution < 1.29 is 44.3 Å². The normalized spacial score (nSPS) is 13.7. The molecule has 0 atom stereocenters. The smallest absolute Gasteiger partial charge is 0.414 e. The van der Waals surface area contributed by atoms with Gasteiger partial charge in [-0.2, -0.15) is 0 Å². The molecule has 0 saturated carbocycles. The van der Waals surface area contributed by atoms with E-state index in [2.05, 4.69) is 35.2 Å². The van der Waals surface area contributed by atoms with E-state index >= 15 is 0 Å². The Labute approximate surface area is 186 Å². The number of hydrogen-bond acceptors (Lipinski definition) is 7. The number of rotatable bonds is 8. The zero-order valence-electron chi connectivity index (χ0n) is 17.9. The lowest BCUT2D eigenvalue weighted by atomic mass is 10.1. The van der Waals surface area contributed by atoms with Crippen molar-refractivity contribution in [3.05, 3.63) is 35.9 Å². The number of aliphatic carboxylic acids is 4. The summed E-state index contributed by atoms with van der Waals surface area (Å²) in [6.45, 7) is 5.09. The van der Waals surface area contributed by atoms with Gasteiger partial charge in [0, 0.05) is 26.2 Å². The van der Waals surface area contributed by atoms with Crippen LogP contribution in [-0.2, 0) is 30.5 Å². The lowest BCUT2D eigenvalue weighted by molar-refractivity contribution is -0.159. The predicted octanol–water partition coefficient (Wildman–Crippen LogP) is 1.11. The molecule has 1 heterocycles. The Morgan fingerprint density at radius 2 is 1.34 bits per heavy atom. The first-order chi connectivity index (χ1) is 15.2. The van der Waals surface area contributed by atoms with Crippen molar-refractivity contribution >= 4 is 23.9 Å². The van der Waals surface area contributed by atoms with Crippen LogP contribution in [0.2, 0.25) is 0 Å². The Hall–Kier alpha value is -3.02. The van der Waals surface area contributed by atoms with Crippen molar-refractivity contribution in [2.75, 3.05) is 26.2 Å². The van der Waals surface area contributed by atoms with Gasteiger partial charge in [0.05, 0.1) is 6.10 Å². The molecule has 6 N–H and O–H groups in total. The second-order valence-corrected chi connectivity index (χ2v) is 6.90. The van der Waals surface area contributed by atoms with E-state index < -0.39 is 23.9 Å². The minimum Gasteiger partial charge on any atom is -0.473 e. The third-order valence-electron chi connectivity index (χ3n) is 4.35.